The van der Waals surface area contributed by atoms with Crippen LogP contribution in [-0.2, 0) is 16.1 Å². The lowest BCUT2D eigenvalue weighted by molar-refractivity contribution is -0.123. The van der Waals surface area contributed by atoms with Gasteiger partial charge in [0.05, 0.1) is 23.0 Å². The molecule has 0 unspecified atom stereocenters. The van der Waals surface area contributed by atoms with Crippen molar-refractivity contribution in [3.05, 3.63) is 92.3 Å². The van der Waals surface area contributed by atoms with Crippen molar-refractivity contribution in [3.63, 3.8) is 0 Å². The normalized spacial score (nSPS) is 14.3. The maximum absolute atomic E-state index is 13.0. The van der Waals surface area contributed by atoms with Crippen LogP contribution in [0.2, 0.25) is 0 Å². The molecule has 0 bridgehead atoms. The molecule has 1 heterocycles. The molecule has 3 aromatic rings. The van der Waals surface area contributed by atoms with Gasteiger partial charge in [-0.05, 0) is 94.1 Å². The van der Waals surface area contributed by atoms with E-state index in [0.717, 1.165) is 28.5 Å². The van der Waals surface area contributed by atoms with E-state index in [9.17, 15) is 14.4 Å². The molecule has 0 atom stereocenters. The molecule has 4 rings (SSSR count). The lowest BCUT2D eigenvalue weighted by Crippen LogP contribution is -2.27. The molecule has 0 aromatic heterocycles. The van der Waals surface area contributed by atoms with Crippen molar-refractivity contribution >= 4 is 56.5 Å². The molecule has 0 saturated carbocycles. The third-order valence-electron chi connectivity index (χ3n) is 5.66. The Morgan fingerprint density at radius 1 is 1.08 bits per heavy atom. The van der Waals surface area contributed by atoms with Gasteiger partial charge in [-0.1, -0.05) is 36.4 Å². The molecule has 0 radical (unpaired) electrons. The highest BCUT2D eigenvalue weighted by molar-refractivity contribution is 9.10. The van der Waals surface area contributed by atoms with Crippen molar-refractivity contribution in [1.82, 2.24) is 4.90 Å². The first-order chi connectivity index (χ1) is 17.7. The van der Waals surface area contributed by atoms with Crippen LogP contribution in [0.15, 0.2) is 70.0 Å². The minimum absolute atomic E-state index is 0.221. The molecular weight excluding hydrogens is 556 g/mol. The summed E-state index contributed by atoms with van der Waals surface area (Å²) in [6.45, 7) is 3.89. The van der Waals surface area contributed by atoms with Crippen LogP contribution in [0.3, 0.4) is 0 Å². The van der Waals surface area contributed by atoms with E-state index in [1.807, 2.05) is 56.3 Å². The maximum Gasteiger partial charge on any atom is 0.293 e. The Morgan fingerprint density at radius 2 is 1.86 bits per heavy atom. The van der Waals surface area contributed by atoms with E-state index < -0.39 is 0 Å². The number of nitrogens with one attached hydrogen (secondary N) is 1. The smallest absolute Gasteiger partial charge is 0.293 e. The molecule has 190 valence electrons. The maximum atomic E-state index is 13.0. The number of hydrogen-bond acceptors (Lipinski definition) is 6. The van der Waals surface area contributed by atoms with Crippen LogP contribution in [0, 0.1) is 13.8 Å². The minimum Gasteiger partial charge on any atom is -0.493 e. The van der Waals surface area contributed by atoms with Gasteiger partial charge in [0.1, 0.15) is 0 Å². The standard InChI is InChI=1S/C28H25BrN2O5S/c1-17-7-6-10-21(11-17)30-25(32)16-36-26-22(29)12-19(13-23(26)35-3)14-24-27(33)31(28(34)37-24)15-20-9-5-4-8-18(20)2/h4-14H,15-16H2,1-3H3,(H,30,32)/b24-14-. The Hall–Kier alpha value is -3.56. The Kier molecular flexibility index (Phi) is 8.35. The average Bonchev–Trinajstić information content (AvgIpc) is 3.11. The first kappa shape index (κ1) is 26.5. The van der Waals surface area contributed by atoms with Gasteiger partial charge >= 0.3 is 0 Å². The lowest BCUT2D eigenvalue weighted by atomic mass is 10.1. The fraction of sp³-hybridized carbons (Fsp3) is 0.179. The Labute approximate surface area is 228 Å². The van der Waals surface area contributed by atoms with E-state index in [4.69, 9.17) is 9.47 Å². The monoisotopic (exact) mass is 580 g/mol. The van der Waals surface area contributed by atoms with Crippen molar-refractivity contribution < 1.29 is 23.9 Å². The topological polar surface area (TPSA) is 84.9 Å². The van der Waals surface area contributed by atoms with Gasteiger partial charge in [-0.15, -0.1) is 0 Å². The van der Waals surface area contributed by atoms with Crippen LogP contribution < -0.4 is 14.8 Å². The molecule has 7 nitrogen and oxygen atoms in total. The van der Waals surface area contributed by atoms with Gasteiger partial charge in [0.15, 0.2) is 18.1 Å². The average molecular weight is 581 g/mol. The number of imide groups is 1. The van der Waals surface area contributed by atoms with E-state index in [0.29, 0.717) is 32.1 Å². The molecule has 1 N–H and O–H groups in total. The Balaban J connectivity index is 1.47. The first-order valence-electron chi connectivity index (χ1n) is 11.4. The number of thioether (sulfide) groups is 1. The number of ether oxygens (including phenoxy) is 2. The number of aryl methyl sites for hydroxylation is 2. The van der Waals surface area contributed by atoms with Gasteiger partial charge in [-0.3, -0.25) is 19.3 Å². The second-order valence-electron chi connectivity index (χ2n) is 8.43. The third kappa shape index (κ3) is 6.42. The fourth-order valence-corrected chi connectivity index (χ4v) is 5.18. The molecule has 3 aromatic carbocycles. The zero-order chi connectivity index (χ0) is 26.5. The fourth-order valence-electron chi connectivity index (χ4n) is 3.77. The van der Waals surface area contributed by atoms with E-state index >= 15 is 0 Å². The van der Waals surface area contributed by atoms with Crippen LogP contribution in [0.5, 0.6) is 11.5 Å². The Morgan fingerprint density at radius 3 is 2.59 bits per heavy atom. The van der Waals surface area contributed by atoms with E-state index in [-0.39, 0.29) is 30.2 Å². The quantitative estimate of drug-likeness (QED) is 0.313. The molecule has 1 fully saturated rings. The summed E-state index contributed by atoms with van der Waals surface area (Å²) in [6.07, 6.45) is 1.64. The van der Waals surface area contributed by atoms with Gasteiger partial charge in [0.2, 0.25) is 0 Å². The zero-order valence-electron chi connectivity index (χ0n) is 20.5. The predicted molar refractivity (Wildman–Crippen MR) is 149 cm³/mol. The second-order valence-corrected chi connectivity index (χ2v) is 10.3. The first-order valence-corrected chi connectivity index (χ1v) is 13.0. The molecule has 0 aliphatic carbocycles. The van der Waals surface area contributed by atoms with E-state index in [1.54, 1.807) is 24.3 Å². The van der Waals surface area contributed by atoms with Crippen molar-refractivity contribution in [2.45, 2.75) is 20.4 Å². The summed E-state index contributed by atoms with van der Waals surface area (Å²) >= 11 is 4.37. The zero-order valence-corrected chi connectivity index (χ0v) is 22.9. The largest absolute Gasteiger partial charge is 0.493 e. The molecule has 0 spiro atoms. The Bertz CT molecular complexity index is 1410. The van der Waals surface area contributed by atoms with Gasteiger partial charge in [-0.25, -0.2) is 0 Å². The number of carbonyl (C=O) groups excluding carboxylic acids is 3. The van der Waals surface area contributed by atoms with Crippen LogP contribution in [0.25, 0.3) is 6.08 Å². The molecule has 1 aliphatic heterocycles. The highest BCUT2D eigenvalue weighted by atomic mass is 79.9. The van der Waals surface area contributed by atoms with Gasteiger partial charge in [-0.2, -0.15) is 0 Å². The van der Waals surface area contributed by atoms with E-state index in [2.05, 4.69) is 21.2 Å². The van der Waals surface area contributed by atoms with Crippen molar-refractivity contribution in [1.29, 1.82) is 0 Å². The van der Waals surface area contributed by atoms with E-state index in [1.165, 1.54) is 12.0 Å². The number of methoxy groups -OCH3 is 1. The number of amides is 3. The summed E-state index contributed by atoms with van der Waals surface area (Å²) in [6, 6.07) is 18.6. The summed E-state index contributed by atoms with van der Waals surface area (Å²) < 4.78 is 11.8. The highest BCUT2D eigenvalue weighted by Crippen LogP contribution is 2.39. The number of rotatable bonds is 8. The summed E-state index contributed by atoms with van der Waals surface area (Å²) in [5, 5.41) is 2.48. The minimum atomic E-state index is -0.346. The molecule has 1 aliphatic rings. The van der Waals surface area contributed by atoms with Crippen LogP contribution in [0.1, 0.15) is 22.3 Å². The van der Waals surface area contributed by atoms with Crippen LogP contribution >= 0.6 is 27.7 Å². The molecule has 9 heteroatoms. The number of benzene rings is 3. The summed E-state index contributed by atoms with van der Waals surface area (Å²) in [4.78, 5) is 39.5. The van der Waals surface area contributed by atoms with Crippen molar-refractivity contribution in [3.8, 4) is 11.5 Å². The number of hydrogen-bond donors (Lipinski definition) is 1. The van der Waals surface area contributed by atoms with Gasteiger partial charge in [0, 0.05) is 5.69 Å². The molecule has 1 saturated heterocycles. The molecular formula is C28H25BrN2O5S. The van der Waals surface area contributed by atoms with Crippen molar-refractivity contribution in [2.24, 2.45) is 0 Å². The summed E-state index contributed by atoms with van der Waals surface area (Å²) in [7, 11) is 1.49. The van der Waals surface area contributed by atoms with Gasteiger partial charge < -0.3 is 14.8 Å². The SMILES string of the molecule is COc1cc(/C=C2\SC(=O)N(Cc3ccccc3C)C2=O)cc(Br)c1OCC(=O)Nc1cccc(C)c1. The number of halogens is 1. The predicted octanol–water partition coefficient (Wildman–Crippen LogP) is 6.33. The van der Waals surface area contributed by atoms with Crippen molar-refractivity contribution in [2.75, 3.05) is 19.0 Å². The van der Waals surface area contributed by atoms with Gasteiger partial charge in [0.25, 0.3) is 17.1 Å². The highest BCUT2D eigenvalue weighted by Gasteiger charge is 2.35. The second kappa shape index (κ2) is 11.7. The third-order valence-corrected chi connectivity index (χ3v) is 7.16. The van der Waals surface area contributed by atoms with Crippen LogP contribution in [0.4, 0.5) is 10.5 Å². The number of anilines is 1. The molecule has 3 amide bonds. The van der Waals surface area contributed by atoms with Crippen LogP contribution in [-0.4, -0.2) is 35.7 Å². The summed E-state index contributed by atoms with van der Waals surface area (Å²) in [5.41, 5.74) is 4.30. The lowest BCUT2D eigenvalue weighted by Gasteiger charge is -2.14. The molecule has 37 heavy (non-hydrogen) atoms. The number of nitrogens with zero attached hydrogens (tertiary/aromatic N) is 1. The number of carbonyl (C=O) groups is 3. The summed E-state index contributed by atoms with van der Waals surface area (Å²) in [5.74, 6) is 0.0715.